The number of sulfonamides is 2. The van der Waals surface area contributed by atoms with Crippen molar-refractivity contribution in [2.24, 2.45) is 0 Å². The lowest BCUT2D eigenvalue weighted by Crippen LogP contribution is -2.16. The van der Waals surface area contributed by atoms with Gasteiger partial charge in [0.25, 0.3) is 10.0 Å². The van der Waals surface area contributed by atoms with Crippen molar-refractivity contribution in [3.63, 3.8) is 0 Å². The molecular formula is C13H13FN2O4S2. The first-order valence-electron chi connectivity index (χ1n) is 6.02. The van der Waals surface area contributed by atoms with Crippen LogP contribution in [0.1, 0.15) is 0 Å². The van der Waals surface area contributed by atoms with Crippen LogP contribution in [0, 0.1) is 5.82 Å². The molecular weight excluding hydrogens is 331 g/mol. The van der Waals surface area contributed by atoms with Crippen LogP contribution in [0.15, 0.2) is 53.4 Å². The molecule has 22 heavy (non-hydrogen) atoms. The number of halogens is 1. The number of anilines is 2. The number of nitrogens with one attached hydrogen (secondary N) is 2. The molecule has 0 aliphatic rings. The van der Waals surface area contributed by atoms with Crippen LogP contribution >= 0.6 is 0 Å². The van der Waals surface area contributed by atoms with E-state index in [4.69, 9.17) is 0 Å². The second-order valence-corrected chi connectivity index (χ2v) is 7.91. The number of hydrogen-bond donors (Lipinski definition) is 2. The SMILES string of the molecule is CS(=O)(=O)Nc1ccccc1NS(=O)(=O)c1ccc(F)cc1. The first-order valence-corrected chi connectivity index (χ1v) is 9.40. The van der Waals surface area contributed by atoms with E-state index in [9.17, 15) is 21.2 Å². The van der Waals surface area contributed by atoms with Gasteiger partial charge in [-0.3, -0.25) is 9.44 Å². The van der Waals surface area contributed by atoms with Crippen molar-refractivity contribution in [3.8, 4) is 0 Å². The van der Waals surface area contributed by atoms with Gasteiger partial charge in [0.15, 0.2) is 0 Å². The molecule has 2 aromatic carbocycles. The van der Waals surface area contributed by atoms with E-state index >= 15 is 0 Å². The topological polar surface area (TPSA) is 92.3 Å². The second-order valence-electron chi connectivity index (χ2n) is 4.48. The average molecular weight is 344 g/mol. The summed E-state index contributed by atoms with van der Waals surface area (Å²) in [5.74, 6) is -0.557. The molecule has 0 aliphatic heterocycles. The lowest BCUT2D eigenvalue weighted by molar-refractivity contribution is 0.599. The zero-order valence-corrected chi connectivity index (χ0v) is 13.1. The molecule has 0 unspecified atom stereocenters. The number of rotatable bonds is 5. The van der Waals surface area contributed by atoms with E-state index < -0.39 is 25.9 Å². The maximum absolute atomic E-state index is 12.9. The maximum atomic E-state index is 12.9. The molecule has 2 aromatic rings. The summed E-state index contributed by atoms with van der Waals surface area (Å²) >= 11 is 0. The van der Waals surface area contributed by atoms with Gasteiger partial charge in [-0.2, -0.15) is 0 Å². The van der Waals surface area contributed by atoms with E-state index in [1.54, 1.807) is 12.1 Å². The van der Waals surface area contributed by atoms with E-state index in [0.717, 1.165) is 30.5 Å². The summed E-state index contributed by atoms with van der Waals surface area (Å²) in [6, 6.07) is 10.2. The van der Waals surface area contributed by atoms with Crippen LogP contribution in [0.25, 0.3) is 0 Å². The zero-order chi connectivity index (χ0) is 16.4. The Bertz CT molecular complexity index is 879. The minimum absolute atomic E-state index is 0.0669. The molecule has 0 aliphatic carbocycles. The Labute approximate surface area is 128 Å². The Kier molecular flexibility index (Phi) is 4.38. The number of benzene rings is 2. The smallest absolute Gasteiger partial charge is 0.261 e. The van der Waals surface area contributed by atoms with E-state index in [2.05, 4.69) is 9.44 Å². The molecule has 2 rings (SSSR count). The van der Waals surface area contributed by atoms with Crippen molar-refractivity contribution >= 4 is 31.4 Å². The predicted molar refractivity (Wildman–Crippen MR) is 82.1 cm³/mol. The van der Waals surface area contributed by atoms with Crippen LogP contribution in [-0.2, 0) is 20.0 Å². The molecule has 0 atom stereocenters. The predicted octanol–water partition coefficient (Wildman–Crippen LogP) is 2.00. The third kappa shape index (κ3) is 4.18. The highest BCUT2D eigenvalue weighted by atomic mass is 32.2. The van der Waals surface area contributed by atoms with Gasteiger partial charge >= 0.3 is 0 Å². The van der Waals surface area contributed by atoms with Crippen LogP contribution in [-0.4, -0.2) is 23.1 Å². The van der Waals surface area contributed by atoms with Crippen LogP contribution < -0.4 is 9.44 Å². The molecule has 0 amide bonds. The first-order chi connectivity index (χ1) is 10.2. The minimum Gasteiger partial charge on any atom is -0.282 e. The molecule has 0 fully saturated rings. The minimum atomic E-state index is -3.96. The molecule has 2 N–H and O–H groups in total. The average Bonchev–Trinajstić information content (AvgIpc) is 2.39. The molecule has 9 heteroatoms. The summed E-state index contributed by atoms with van der Waals surface area (Å²) in [7, 11) is -7.52. The van der Waals surface area contributed by atoms with Crippen LogP contribution in [0.5, 0.6) is 0 Å². The fourth-order valence-electron chi connectivity index (χ4n) is 1.68. The van der Waals surface area contributed by atoms with Gasteiger partial charge in [-0.1, -0.05) is 12.1 Å². The van der Waals surface area contributed by atoms with Gasteiger partial charge in [0.2, 0.25) is 10.0 Å². The molecule has 0 saturated carbocycles. The van der Waals surface area contributed by atoms with Gasteiger partial charge in [-0.15, -0.1) is 0 Å². The fourth-order valence-corrected chi connectivity index (χ4v) is 3.34. The summed E-state index contributed by atoms with van der Waals surface area (Å²) in [4.78, 5) is -0.136. The molecule has 0 heterocycles. The van der Waals surface area contributed by atoms with Gasteiger partial charge < -0.3 is 0 Å². The fraction of sp³-hybridized carbons (Fsp3) is 0.0769. The van der Waals surface area contributed by atoms with E-state index in [0.29, 0.717) is 0 Å². The lowest BCUT2D eigenvalue weighted by atomic mass is 10.3. The second kappa shape index (κ2) is 5.93. The summed E-state index contributed by atoms with van der Waals surface area (Å²) in [6.07, 6.45) is 0.957. The Hall–Kier alpha value is -2.13. The first kappa shape index (κ1) is 16.2. The highest BCUT2D eigenvalue weighted by Gasteiger charge is 2.17. The molecule has 6 nitrogen and oxygen atoms in total. The van der Waals surface area contributed by atoms with Crippen LogP contribution in [0.3, 0.4) is 0 Å². The van der Waals surface area contributed by atoms with Crippen molar-refractivity contribution in [3.05, 3.63) is 54.3 Å². The van der Waals surface area contributed by atoms with E-state index in [-0.39, 0.29) is 16.3 Å². The summed E-state index contributed by atoms with van der Waals surface area (Å²) < 4.78 is 64.4. The molecule has 0 bridgehead atoms. The van der Waals surface area contributed by atoms with Crippen molar-refractivity contribution in [2.75, 3.05) is 15.7 Å². The maximum Gasteiger partial charge on any atom is 0.261 e. The number of para-hydroxylation sites is 2. The Morgan fingerprint density at radius 2 is 1.32 bits per heavy atom. The van der Waals surface area contributed by atoms with Crippen molar-refractivity contribution in [1.29, 1.82) is 0 Å². The van der Waals surface area contributed by atoms with Gasteiger partial charge in [0.1, 0.15) is 5.82 Å². The zero-order valence-electron chi connectivity index (χ0n) is 11.4. The van der Waals surface area contributed by atoms with Gasteiger partial charge in [-0.05, 0) is 36.4 Å². The summed E-state index contributed by atoms with van der Waals surface area (Å²) in [5.41, 5.74) is 0.160. The molecule has 118 valence electrons. The van der Waals surface area contributed by atoms with E-state index in [1.165, 1.54) is 12.1 Å². The molecule has 0 saturated heterocycles. The standard InChI is InChI=1S/C13H13FN2O4S2/c1-21(17,18)15-12-4-2-3-5-13(12)16-22(19,20)11-8-6-10(14)7-9-11/h2-9,15-16H,1H3. The van der Waals surface area contributed by atoms with Crippen LogP contribution in [0.4, 0.5) is 15.8 Å². The molecule has 0 aromatic heterocycles. The van der Waals surface area contributed by atoms with Gasteiger partial charge in [0.05, 0.1) is 22.5 Å². The third-order valence-corrected chi connectivity index (χ3v) is 4.56. The van der Waals surface area contributed by atoms with E-state index in [1.807, 2.05) is 0 Å². The summed E-state index contributed by atoms with van der Waals surface area (Å²) in [6.45, 7) is 0. The van der Waals surface area contributed by atoms with Crippen molar-refractivity contribution < 1.29 is 21.2 Å². The highest BCUT2D eigenvalue weighted by molar-refractivity contribution is 7.93. The Morgan fingerprint density at radius 3 is 1.82 bits per heavy atom. The van der Waals surface area contributed by atoms with Gasteiger partial charge in [0, 0.05) is 0 Å². The Morgan fingerprint density at radius 1 is 0.818 bits per heavy atom. The summed E-state index contributed by atoms with van der Waals surface area (Å²) in [5, 5.41) is 0. The lowest BCUT2D eigenvalue weighted by Gasteiger charge is -2.13. The molecule has 0 spiro atoms. The monoisotopic (exact) mass is 344 g/mol. The van der Waals surface area contributed by atoms with Crippen molar-refractivity contribution in [2.45, 2.75) is 4.90 Å². The number of hydrogen-bond acceptors (Lipinski definition) is 4. The van der Waals surface area contributed by atoms with Crippen molar-refractivity contribution in [1.82, 2.24) is 0 Å². The largest absolute Gasteiger partial charge is 0.282 e. The third-order valence-electron chi connectivity index (χ3n) is 2.59. The normalized spacial score (nSPS) is 11.9. The Balaban J connectivity index is 2.36. The van der Waals surface area contributed by atoms with Gasteiger partial charge in [-0.25, -0.2) is 21.2 Å². The quantitative estimate of drug-likeness (QED) is 0.868. The highest BCUT2D eigenvalue weighted by Crippen LogP contribution is 2.25. The van der Waals surface area contributed by atoms with Crippen LogP contribution in [0.2, 0.25) is 0 Å². The molecule has 0 radical (unpaired) electrons.